The van der Waals surface area contributed by atoms with Gasteiger partial charge >= 0.3 is 0 Å². The first-order valence-electron chi connectivity index (χ1n) is 8.88. The number of ether oxygens (including phenoxy) is 1. The van der Waals surface area contributed by atoms with Crippen molar-refractivity contribution >= 4 is 5.91 Å². The highest BCUT2D eigenvalue weighted by Gasteiger charge is 2.25. The lowest BCUT2D eigenvalue weighted by Gasteiger charge is -2.32. The molecule has 0 saturated carbocycles. The summed E-state index contributed by atoms with van der Waals surface area (Å²) in [6.45, 7) is 7.20. The molecule has 0 spiro atoms. The number of nitrogens with one attached hydrogen (secondary N) is 1. The quantitative estimate of drug-likeness (QED) is 0.761. The van der Waals surface area contributed by atoms with Crippen LogP contribution in [0.2, 0.25) is 0 Å². The van der Waals surface area contributed by atoms with Gasteiger partial charge in [0.2, 0.25) is 5.91 Å². The van der Waals surface area contributed by atoms with Crippen molar-refractivity contribution in [1.29, 1.82) is 0 Å². The summed E-state index contributed by atoms with van der Waals surface area (Å²) in [5.41, 5.74) is 1.12. The molecule has 1 amide bonds. The van der Waals surface area contributed by atoms with Gasteiger partial charge in [-0.2, -0.15) is 0 Å². The molecular weight excluding hydrogens is 304 g/mol. The van der Waals surface area contributed by atoms with E-state index in [1.54, 1.807) is 0 Å². The number of hydrogen-bond acceptors (Lipinski definition) is 4. The van der Waals surface area contributed by atoms with Crippen LogP contribution >= 0.6 is 0 Å². The number of rotatable bonds is 8. The molecule has 0 aromatic heterocycles. The van der Waals surface area contributed by atoms with Crippen molar-refractivity contribution in [3.8, 4) is 0 Å². The van der Waals surface area contributed by atoms with Crippen molar-refractivity contribution in [2.75, 3.05) is 26.2 Å². The fourth-order valence-electron chi connectivity index (χ4n) is 2.96. The van der Waals surface area contributed by atoms with Crippen molar-refractivity contribution in [2.45, 2.75) is 45.4 Å². The molecule has 1 aliphatic heterocycles. The van der Waals surface area contributed by atoms with Gasteiger partial charge in [-0.05, 0) is 45.3 Å². The lowest BCUT2D eigenvalue weighted by atomic mass is 9.95. The van der Waals surface area contributed by atoms with Crippen molar-refractivity contribution in [3.05, 3.63) is 35.9 Å². The van der Waals surface area contributed by atoms with Crippen molar-refractivity contribution < 1.29 is 14.6 Å². The van der Waals surface area contributed by atoms with Crippen LogP contribution in [0.3, 0.4) is 0 Å². The Morgan fingerprint density at radius 1 is 1.29 bits per heavy atom. The summed E-state index contributed by atoms with van der Waals surface area (Å²) in [4.78, 5) is 14.5. The molecule has 1 aliphatic rings. The lowest BCUT2D eigenvalue weighted by molar-refractivity contribution is -0.126. The van der Waals surface area contributed by atoms with Crippen LogP contribution in [0.1, 0.15) is 32.3 Å². The molecule has 5 heteroatoms. The minimum absolute atomic E-state index is 0.0778. The van der Waals surface area contributed by atoms with E-state index in [0.29, 0.717) is 19.7 Å². The number of carbonyl (C=O) groups is 1. The van der Waals surface area contributed by atoms with Gasteiger partial charge in [-0.25, -0.2) is 0 Å². The Bertz CT molecular complexity index is 485. The van der Waals surface area contributed by atoms with Gasteiger partial charge in [0.25, 0.3) is 0 Å². The third kappa shape index (κ3) is 6.59. The molecule has 0 bridgehead atoms. The van der Waals surface area contributed by atoms with Crippen molar-refractivity contribution in [2.24, 2.45) is 5.92 Å². The summed E-state index contributed by atoms with van der Waals surface area (Å²) in [7, 11) is 0. The second-order valence-corrected chi connectivity index (χ2v) is 6.81. The average Bonchev–Trinajstić information content (AvgIpc) is 2.59. The number of aliphatic hydroxyl groups is 1. The van der Waals surface area contributed by atoms with Crippen molar-refractivity contribution in [3.63, 3.8) is 0 Å². The Morgan fingerprint density at radius 3 is 2.58 bits per heavy atom. The molecule has 1 heterocycles. The van der Waals surface area contributed by atoms with Crippen LogP contribution in [0.5, 0.6) is 0 Å². The second kappa shape index (κ2) is 9.77. The van der Waals surface area contributed by atoms with Gasteiger partial charge in [0.1, 0.15) is 0 Å². The van der Waals surface area contributed by atoms with Gasteiger partial charge in [-0.3, -0.25) is 4.79 Å². The number of likely N-dealkylation sites (tertiary alicyclic amines) is 1. The van der Waals surface area contributed by atoms with Gasteiger partial charge in [0, 0.05) is 19.0 Å². The summed E-state index contributed by atoms with van der Waals surface area (Å²) >= 11 is 0. The van der Waals surface area contributed by atoms with E-state index < -0.39 is 6.10 Å². The summed E-state index contributed by atoms with van der Waals surface area (Å²) in [6, 6.07) is 9.97. The van der Waals surface area contributed by atoms with Crippen LogP contribution in [0.4, 0.5) is 0 Å². The second-order valence-electron chi connectivity index (χ2n) is 6.81. The molecule has 2 N–H and O–H groups in total. The zero-order chi connectivity index (χ0) is 17.4. The standard InChI is InChI=1S/C19H30N2O3/c1-15(2)24-14-18(22)13-21-10-8-17(9-11-21)19(23)20-12-16-6-4-3-5-7-16/h3-7,15,17-18,22H,8-14H2,1-2H3,(H,20,23). The zero-order valence-corrected chi connectivity index (χ0v) is 14.8. The first-order valence-corrected chi connectivity index (χ1v) is 8.88. The van der Waals surface area contributed by atoms with E-state index in [1.807, 2.05) is 44.2 Å². The monoisotopic (exact) mass is 334 g/mol. The molecule has 1 aromatic rings. The normalized spacial score (nSPS) is 17.8. The number of hydrogen-bond donors (Lipinski definition) is 2. The molecule has 1 atom stereocenters. The highest BCUT2D eigenvalue weighted by atomic mass is 16.5. The number of carbonyl (C=O) groups excluding carboxylic acids is 1. The number of benzene rings is 1. The first-order chi connectivity index (χ1) is 11.5. The molecule has 0 aliphatic carbocycles. The number of aliphatic hydroxyl groups excluding tert-OH is 1. The molecule has 5 nitrogen and oxygen atoms in total. The van der Waals surface area contributed by atoms with Crippen LogP contribution in [0.15, 0.2) is 30.3 Å². The number of piperidine rings is 1. The van der Waals surface area contributed by atoms with Crippen LogP contribution in [0.25, 0.3) is 0 Å². The number of β-amino-alcohol motifs (C(OH)–C–C–N with tert-alkyl or cyclic N) is 1. The van der Waals surface area contributed by atoms with Crippen LogP contribution < -0.4 is 5.32 Å². The molecule has 1 aromatic carbocycles. The summed E-state index contributed by atoms with van der Waals surface area (Å²) in [6.07, 6.45) is 1.37. The van der Waals surface area contributed by atoms with Crippen LogP contribution in [-0.2, 0) is 16.1 Å². The van der Waals surface area contributed by atoms with Crippen LogP contribution in [0, 0.1) is 5.92 Å². The van der Waals surface area contributed by atoms with Gasteiger partial charge < -0.3 is 20.1 Å². The molecule has 2 rings (SSSR count). The minimum Gasteiger partial charge on any atom is -0.389 e. The Kier molecular flexibility index (Phi) is 7.69. The number of amides is 1. The van der Waals surface area contributed by atoms with Gasteiger partial charge in [-0.15, -0.1) is 0 Å². The Morgan fingerprint density at radius 2 is 1.96 bits per heavy atom. The molecule has 1 unspecified atom stereocenters. The topological polar surface area (TPSA) is 61.8 Å². The largest absolute Gasteiger partial charge is 0.389 e. The maximum Gasteiger partial charge on any atom is 0.223 e. The smallest absolute Gasteiger partial charge is 0.223 e. The van der Waals surface area contributed by atoms with E-state index in [2.05, 4.69) is 10.2 Å². The molecule has 24 heavy (non-hydrogen) atoms. The summed E-state index contributed by atoms with van der Waals surface area (Å²) in [5.74, 6) is 0.219. The summed E-state index contributed by atoms with van der Waals surface area (Å²) < 4.78 is 5.44. The summed E-state index contributed by atoms with van der Waals surface area (Å²) in [5, 5.41) is 13.0. The predicted octanol–water partition coefficient (Wildman–Crippen LogP) is 1.80. The maximum absolute atomic E-state index is 12.3. The SMILES string of the molecule is CC(C)OCC(O)CN1CCC(C(=O)NCc2ccccc2)CC1. The lowest BCUT2D eigenvalue weighted by Crippen LogP contribution is -2.43. The van der Waals surface area contributed by atoms with Gasteiger partial charge in [-0.1, -0.05) is 30.3 Å². The average molecular weight is 334 g/mol. The third-order valence-corrected chi connectivity index (χ3v) is 4.36. The Balaban J connectivity index is 1.65. The predicted molar refractivity (Wildman–Crippen MR) is 94.5 cm³/mol. The van der Waals surface area contributed by atoms with Crippen LogP contribution in [-0.4, -0.2) is 54.4 Å². The highest BCUT2D eigenvalue weighted by Crippen LogP contribution is 2.18. The molecule has 0 radical (unpaired) electrons. The minimum atomic E-state index is -0.462. The number of nitrogens with zero attached hydrogens (tertiary/aromatic N) is 1. The van der Waals surface area contributed by atoms with E-state index in [0.717, 1.165) is 31.5 Å². The maximum atomic E-state index is 12.3. The Hall–Kier alpha value is -1.43. The third-order valence-electron chi connectivity index (χ3n) is 4.36. The van der Waals surface area contributed by atoms with Gasteiger partial charge in [0.05, 0.1) is 18.8 Å². The molecule has 134 valence electrons. The van der Waals surface area contributed by atoms with E-state index in [4.69, 9.17) is 4.74 Å². The van der Waals surface area contributed by atoms with E-state index in [9.17, 15) is 9.90 Å². The van der Waals surface area contributed by atoms with Gasteiger partial charge in [0.15, 0.2) is 0 Å². The Labute approximate surface area is 145 Å². The fourth-order valence-corrected chi connectivity index (χ4v) is 2.96. The zero-order valence-electron chi connectivity index (χ0n) is 14.8. The molecule has 1 saturated heterocycles. The highest BCUT2D eigenvalue weighted by molar-refractivity contribution is 5.78. The molecular formula is C19H30N2O3. The van der Waals surface area contributed by atoms with Crippen molar-refractivity contribution in [1.82, 2.24) is 10.2 Å². The van der Waals surface area contributed by atoms with E-state index in [-0.39, 0.29) is 17.9 Å². The fraction of sp³-hybridized carbons (Fsp3) is 0.632. The molecule has 1 fully saturated rings. The van der Waals surface area contributed by atoms with E-state index >= 15 is 0 Å². The van der Waals surface area contributed by atoms with E-state index in [1.165, 1.54) is 0 Å². The first kappa shape index (κ1) is 18.9.